The van der Waals surface area contributed by atoms with Gasteiger partial charge in [0.1, 0.15) is 11.6 Å². The number of rotatable bonds is 4. The van der Waals surface area contributed by atoms with Crippen molar-refractivity contribution in [2.75, 3.05) is 6.54 Å². The molecule has 10 heteroatoms. The minimum absolute atomic E-state index is 0.0494. The third kappa shape index (κ3) is 3.29. The third-order valence-electron chi connectivity index (χ3n) is 4.61. The lowest BCUT2D eigenvalue weighted by molar-refractivity contribution is -0.139. The zero-order valence-electron chi connectivity index (χ0n) is 13.6. The average molecular weight is 387 g/mol. The van der Waals surface area contributed by atoms with Crippen LogP contribution in [0, 0.1) is 11.3 Å². The summed E-state index contributed by atoms with van der Waals surface area (Å²) in [6.45, 7) is -0.0494. The van der Waals surface area contributed by atoms with Crippen molar-refractivity contribution in [1.29, 1.82) is 5.26 Å². The maximum atomic E-state index is 13.2. The summed E-state index contributed by atoms with van der Waals surface area (Å²) in [7, 11) is -4.52. The summed E-state index contributed by atoms with van der Waals surface area (Å²) in [5, 5.41) is 11.6. The molecule has 1 unspecified atom stereocenters. The number of nitrogens with zero attached hydrogens (tertiary/aromatic N) is 2. The number of alkyl halides is 3. The number of halogens is 3. The Morgan fingerprint density at radius 3 is 2.54 bits per heavy atom. The molecule has 6 nitrogen and oxygen atoms in total. The number of benzene rings is 1. The van der Waals surface area contributed by atoms with Crippen LogP contribution in [-0.2, 0) is 21.0 Å². The molecule has 1 heterocycles. The lowest BCUT2D eigenvalue weighted by atomic mass is 10.2. The van der Waals surface area contributed by atoms with Crippen molar-refractivity contribution >= 4 is 15.9 Å². The molecule has 1 saturated carbocycles. The Morgan fingerprint density at radius 1 is 1.31 bits per heavy atom. The highest BCUT2D eigenvalue weighted by Crippen LogP contribution is 2.38. The summed E-state index contributed by atoms with van der Waals surface area (Å²) in [6.07, 6.45) is -3.33. The normalized spacial score (nSPS) is 22.6. The number of nitrogens with one attached hydrogen (secondary N) is 1. The molecule has 1 aromatic rings. The van der Waals surface area contributed by atoms with Gasteiger partial charge in [0.25, 0.3) is 0 Å². The first-order chi connectivity index (χ1) is 12.1. The van der Waals surface area contributed by atoms with Crippen LogP contribution in [-0.4, -0.2) is 36.8 Å². The molecule has 0 spiro atoms. The smallest absolute Gasteiger partial charge is 0.336 e. The van der Waals surface area contributed by atoms with Crippen molar-refractivity contribution in [3.05, 3.63) is 29.8 Å². The monoisotopic (exact) mass is 387 g/mol. The van der Waals surface area contributed by atoms with Crippen LogP contribution in [0.25, 0.3) is 0 Å². The number of hydrogen-bond donors (Lipinski definition) is 1. The molecule has 1 amide bonds. The summed E-state index contributed by atoms with van der Waals surface area (Å²) >= 11 is 0. The highest BCUT2D eigenvalue weighted by molar-refractivity contribution is 7.89. The van der Waals surface area contributed by atoms with Gasteiger partial charge in [-0.25, -0.2) is 8.42 Å². The first-order valence-corrected chi connectivity index (χ1v) is 9.46. The van der Waals surface area contributed by atoms with E-state index in [9.17, 15) is 26.4 Å². The molecule has 0 aromatic heterocycles. The van der Waals surface area contributed by atoms with Crippen molar-refractivity contribution in [3.63, 3.8) is 0 Å². The summed E-state index contributed by atoms with van der Waals surface area (Å²) in [6, 6.07) is 4.77. The quantitative estimate of drug-likeness (QED) is 0.856. The number of hydrogen-bond acceptors (Lipinski definition) is 4. The number of carbonyl (C=O) groups is 1. The fraction of sp³-hybridized carbons (Fsp3) is 0.500. The molecule has 1 atom stereocenters. The van der Waals surface area contributed by atoms with Gasteiger partial charge < -0.3 is 5.32 Å². The van der Waals surface area contributed by atoms with Gasteiger partial charge in [-0.2, -0.15) is 22.7 Å². The maximum absolute atomic E-state index is 13.2. The van der Waals surface area contributed by atoms with Crippen LogP contribution in [0.2, 0.25) is 0 Å². The second kappa shape index (κ2) is 6.25. The Hall–Kier alpha value is -2.12. The molecule has 0 bridgehead atoms. The number of sulfonamides is 1. The number of carbonyl (C=O) groups excluding carboxylic acids is 1. The topological polar surface area (TPSA) is 90.3 Å². The summed E-state index contributed by atoms with van der Waals surface area (Å²) in [4.78, 5) is 11.6. The van der Waals surface area contributed by atoms with E-state index < -0.39 is 44.1 Å². The fourth-order valence-corrected chi connectivity index (χ4v) is 4.92. The van der Waals surface area contributed by atoms with Crippen molar-refractivity contribution < 1.29 is 26.4 Å². The van der Waals surface area contributed by atoms with E-state index in [2.05, 4.69) is 5.32 Å². The van der Waals surface area contributed by atoms with Gasteiger partial charge in [0.05, 0.1) is 16.5 Å². The molecule has 2 aliphatic rings. The van der Waals surface area contributed by atoms with Gasteiger partial charge in [-0.05, 0) is 37.8 Å². The van der Waals surface area contributed by atoms with Gasteiger partial charge in [-0.1, -0.05) is 12.1 Å². The second-order valence-corrected chi connectivity index (χ2v) is 8.31. The lowest BCUT2D eigenvalue weighted by Gasteiger charge is -2.25. The molecule has 26 heavy (non-hydrogen) atoms. The van der Waals surface area contributed by atoms with Crippen molar-refractivity contribution in [2.24, 2.45) is 0 Å². The molecule has 0 radical (unpaired) electrons. The minimum atomic E-state index is -4.83. The van der Waals surface area contributed by atoms with Gasteiger partial charge in [0.2, 0.25) is 15.9 Å². The van der Waals surface area contributed by atoms with E-state index in [0.29, 0.717) is 25.3 Å². The first kappa shape index (κ1) is 18.7. The van der Waals surface area contributed by atoms with Crippen LogP contribution in [0.1, 0.15) is 31.2 Å². The third-order valence-corrected chi connectivity index (χ3v) is 6.58. The number of nitriles is 1. The van der Waals surface area contributed by atoms with Gasteiger partial charge in [-0.3, -0.25) is 4.79 Å². The first-order valence-electron chi connectivity index (χ1n) is 8.02. The van der Waals surface area contributed by atoms with Crippen molar-refractivity contribution in [1.82, 2.24) is 9.62 Å². The molecule has 2 fully saturated rings. The molecule has 1 aliphatic carbocycles. The van der Waals surface area contributed by atoms with Crippen LogP contribution < -0.4 is 5.32 Å². The number of amides is 1. The van der Waals surface area contributed by atoms with E-state index in [0.717, 1.165) is 16.4 Å². The van der Waals surface area contributed by atoms with Gasteiger partial charge in [0.15, 0.2) is 0 Å². The van der Waals surface area contributed by atoms with Crippen LogP contribution in [0.15, 0.2) is 29.2 Å². The molecule has 1 saturated heterocycles. The molecular weight excluding hydrogens is 371 g/mol. The molecule has 3 rings (SSSR count). The molecule has 1 aromatic carbocycles. The van der Waals surface area contributed by atoms with E-state index in [1.165, 1.54) is 6.07 Å². The molecular formula is C16H16F3N3O3S. The Labute approximate surface area is 148 Å². The predicted molar refractivity (Wildman–Crippen MR) is 84.1 cm³/mol. The van der Waals surface area contributed by atoms with E-state index >= 15 is 0 Å². The van der Waals surface area contributed by atoms with Gasteiger partial charge >= 0.3 is 6.18 Å². The molecule has 140 valence electrons. The lowest BCUT2D eigenvalue weighted by Crippen LogP contribution is -2.49. The summed E-state index contributed by atoms with van der Waals surface area (Å²) < 4.78 is 66.1. The van der Waals surface area contributed by atoms with Crippen LogP contribution in [0.5, 0.6) is 0 Å². The highest BCUT2D eigenvalue weighted by atomic mass is 32.2. The van der Waals surface area contributed by atoms with Gasteiger partial charge in [-0.15, -0.1) is 0 Å². The van der Waals surface area contributed by atoms with E-state index in [1.54, 1.807) is 0 Å². The van der Waals surface area contributed by atoms with Crippen LogP contribution in [0.4, 0.5) is 13.2 Å². The average Bonchev–Trinajstić information content (AvgIpc) is 3.17. The standard InChI is InChI=1S/C16H16F3N3O3S/c17-16(18,19)11-4-1-2-6-13(11)26(24,25)22-9-3-5-12(22)14(23)21-15(10-20)7-8-15/h1-2,4,6,12H,3,5,7-9H2,(H,21,23). The zero-order valence-corrected chi connectivity index (χ0v) is 14.4. The highest BCUT2D eigenvalue weighted by Gasteiger charge is 2.49. The summed E-state index contributed by atoms with van der Waals surface area (Å²) in [5.41, 5.74) is -2.24. The molecule has 1 aliphatic heterocycles. The Morgan fingerprint density at radius 2 is 1.96 bits per heavy atom. The SMILES string of the molecule is N#CC1(NC(=O)C2CCCN2S(=O)(=O)c2ccccc2C(F)(F)F)CC1. The van der Waals surface area contributed by atoms with Crippen LogP contribution in [0.3, 0.4) is 0 Å². The largest absolute Gasteiger partial charge is 0.417 e. The zero-order chi connectivity index (χ0) is 19.2. The molecule has 1 N–H and O–H groups in total. The van der Waals surface area contributed by atoms with Crippen molar-refractivity contribution in [2.45, 2.75) is 48.3 Å². The van der Waals surface area contributed by atoms with E-state index in [1.807, 2.05) is 6.07 Å². The maximum Gasteiger partial charge on any atom is 0.417 e. The van der Waals surface area contributed by atoms with Crippen molar-refractivity contribution in [3.8, 4) is 6.07 Å². The van der Waals surface area contributed by atoms with E-state index in [4.69, 9.17) is 5.26 Å². The minimum Gasteiger partial charge on any atom is -0.336 e. The fourth-order valence-electron chi connectivity index (χ4n) is 3.05. The van der Waals surface area contributed by atoms with Crippen LogP contribution >= 0.6 is 0 Å². The van der Waals surface area contributed by atoms with E-state index in [-0.39, 0.29) is 13.0 Å². The Kier molecular flexibility index (Phi) is 4.48. The van der Waals surface area contributed by atoms with Gasteiger partial charge in [0, 0.05) is 6.54 Å². The summed E-state index contributed by atoms with van der Waals surface area (Å²) in [5.74, 6) is -0.644. The Balaban J connectivity index is 1.92. The predicted octanol–water partition coefficient (Wildman–Crippen LogP) is 2.03. The second-order valence-electron chi connectivity index (χ2n) is 6.45. The Bertz CT molecular complexity index is 873.